The van der Waals surface area contributed by atoms with Gasteiger partial charge in [-0.05, 0) is 42.3 Å². The van der Waals surface area contributed by atoms with E-state index in [1.807, 2.05) is 24.3 Å². The number of para-hydroxylation sites is 1. The SMILES string of the molecule is O=C(Nc1ccc(F)cc1F)c1cccc(C(=O)N2CCc3ccccc32)n1. The quantitative estimate of drug-likeness (QED) is 0.753. The molecule has 2 amide bonds. The highest BCUT2D eigenvalue weighted by Gasteiger charge is 2.26. The van der Waals surface area contributed by atoms with E-state index in [0.717, 1.165) is 29.8 Å². The summed E-state index contributed by atoms with van der Waals surface area (Å²) in [5.41, 5.74) is 1.82. The van der Waals surface area contributed by atoms with Gasteiger partial charge in [-0.15, -0.1) is 0 Å². The van der Waals surface area contributed by atoms with Crippen LogP contribution in [0, 0.1) is 11.6 Å². The lowest BCUT2D eigenvalue weighted by atomic mass is 10.2. The van der Waals surface area contributed by atoms with Crippen molar-refractivity contribution in [1.29, 1.82) is 0 Å². The van der Waals surface area contributed by atoms with E-state index in [2.05, 4.69) is 10.3 Å². The Morgan fingerprint density at radius 1 is 0.964 bits per heavy atom. The predicted octanol–water partition coefficient (Wildman–Crippen LogP) is 3.82. The van der Waals surface area contributed by atoms with E-state index in [9.17, 15) is 18.4 Å². The number of carbonyl (C=O) groups excluding carboxylic acids is 2. The van der Waals surface area contributed by atoms with E-state index in [1.165, 1.54) is 18.2 Å². The Kier molecular flexibility index (Phi) is 4.57. The highest BCUT2D eigenvalue weighted by Crippen LogP contribution is 2.28. The Hall–Kier alpha value is -3.61. The minimum absolute atomic E-state index is 0.0398. The number of nitrogens with one attached hydrogen (secondary N) is 1. The van der Waals surface area contributed by atoms with Crippen LogP contribution in [0.3, 0.4) is 0 Å². The minimum Gasteiger partial charge on any atom is -0.318 e. The van der Waals surface area contributed by atoms with Crippen molar-refractivity contribution < 1.29 is 18.4 Å². The van der Waals surface area contributed by atoms with Crippen LogP contribution in [0.4, 0.5) is 20.2 Å². The molecule has 1 aromatic heterocycles. The van der Waals surface area contributed by atoms with Crippen LogP contribution in [0.1, 0.15) is 26.5 Å². The molecule has 1 aliphatic heterocycles. The number of halogens is 2. The Morgan fingerprint density at radius 3 is 2.57 bits per heavy atom. The van der Waals surface area contributed by atoms with E-state index >= 15 is 0 Å². The van der Waals surface area contributed by atoms with Crippen molar-refractivity contribution in [3.8, 4) is 0 Å². The molecule has 2 aromatic carbocycles. The Morgan fingerprint density at radius 2 is 1.75 bits per heavy atom. The third-order valence-corrected chi connectivity index (χ3v) is 4.51. The zero-order valence-corrected chi connectivity index (χ0v) is 14.7. The number of rotatable bonds is 3. The Bertz CT molecular complexity index is 1080. The fourth-order valence-electron chi connectivity index (χ4n) is 3.14. The zero-order chi connectivity index (χ0) is 19.7. The monoisotopic (exact) mass is 379 g/mol. The van der Waals surface area contributed by atoms with Crippen molar-refractivity contribution in [1.82, 2.24) is 4.98 Å². The summed E-state index contributed by atoms with van der Waals surface area (Å²) in [6.07, 6.45) is 0.756. The van der Waals surface area contributed by atoms with Crippen LogP contribution in [0.5, 0.6) is 0 Å². The van der Waals surface area contributed by atoms with Gasteiger partial charge in [-0.2, -0.15) is 0 Å². The second-order valence-corrected chi connectivity index (χ2v) is 6.32. The molecule has 5 nitrogen and oxygen atoms in total. The van der Waals surface area contributed by atoms with Crippen molar-refractivity contribution in [2.45, 2.75) is 6.42 Å². The molecule has 4 rings (SSSR count). The van der Waals surface area contributed by atoms with Crippen LogP contribution in [0.2, 0.25) is 0 Å². The molecule has 0 spiro atoms. The fraction of sp³-hybridized carbons (Fsp3) is 0.0952. The molecule has 3 aromatic rings. The maximum atomic E-state index is 13.7. The molecule has 1 aliphatic rings. The maximum absolute atomic E-state index is 13.7. The smallest absolute Gasteiger partial charge is 0.276 e. The molecule has 0 aliphatic carbocycles. The first kappa shape index (κ1) is 17.8. The standard InChI is InChI=1S/C21H15F2N3O2/c22-14-8-9-16(15(23)12-14)25-20(27)17-5-3-6-18(24-17)21(28)26-11-10-13-4-1-2-7-19(13)26/h1-9,12H,10-11H2,(H,25,27). The number of fused-ring (bicyclic) bond motifs is 1. The highest BCUT2D eigenvalue weighted by molar-refractivity contribution is 6.08. The molecule has 0 unspecified atom stereocenters. The van der Waals surface area contributed by atoms with Gasteiger partial charge in [0.05, 0.1) is 5.69 Å². The minimum atomic E-state index is -0.894. The van der Waals surface area contributed by atoms with Gasteiger partial charge in [0.2, 0.25) is 0 Å². The van der Waals surface area contributed by atoms with Crippen LogP contribution in [-0.4, -0.2) is 23.3 Å². The number of amides is 2. The van der Waals surface area contributed by atoms with E-state index in [-0.39, 0.29) is 23.0 Å². The van der Waals surface area contributed by atoms with Gasteiger partial charge in [0, 0.05) is 18.3 Å². The van der Waals surface area contributed by atoms with Crippen LogP contribution in [0.25, 0.3) is 0 Å². The average Bonchev–Trinajstić information content (AvgIpc) is 3.14. The second-order valence-electron chi connectivity index (χ2n) is 6.32. The molecule has 2 heterocycles. The number of pyridine rings is 1. The Labute approximate surface area is 159 Å². The molecule has 28 heavy (non-hydrogen) atoms. The molecular weight excluding hydrogens is 364 g/mol. The number of benzene rings is 2. The largest absolute Gasteiger partial charge is 0.318 e. The van der Waals surface area contributed by atoms with Crippen molar-refractivity contribution >= 4 is 23.2 Å². The number of hydrogen-bond donors (Lipinski definition) is 1. The van der Waals surface area contributed by atoms with Crippen LogP contribution in [-0.2, 0) is 6.42 Å². The third-order valence-electron chi connectivity index (χ3n) is 4.51. The molecule has 0 saturated heterocycles. The van der Waals surface area contributed by atoms with Gasteiger partial charge in [0.1, 0.15) is 23.0 Å². The van der Waals surface area contributed by atoms with Gasteiger partial charge >= 0.3 is 0 Å². The lowest BCUT2D eigenvalue weighted by molar-refractivity contribution is 0.0984. The number of hydrogen-bond acceptors (Lipinski definition) is 3. The van der Waals surface area contributed by atoms with E-state index < -0.39 is 17.5 Å². The van der Waals surface area contributed by atoms with Gasteiger partial charge in [-0.1, -0.05) is 24.3 Å². The lowest BCUT2D eigenvalue weighted by Crippen LogP contribution is -2.30. The average molecular weight is 379 g/mol. The summed E-state index contributed by atoms with van der Waals surface area (Å²) in [6, 6.07) is 14.9. The van der Waals surface area contributed by atoms with Gasteiger partial charge in [-0.3, -0.25) is 9.59 Å². The number of anilines is 2. The van der Waals surface area contributed by atoms with Gasteiger partial charge < -0.3 is 10.2 Å². The summed E-state index contributed by atoms with van der Waals surface area (Å²) >= 11 is 0. The van der Waals surface area contributed by atoms with E-state index in [4.69, 9.17) is 0 Å². The number of carbonyl (C=O) groups is 2. The van der Waals surface area contributed by atoms with Crippen LogP contribution < -0.4 is 10.2 Å². The van der Waals surface area contributed by atoms with Crippen molar-refractivity contribution in [3.63, 3.8) is 0 Å². The molecule has 0 fully saturated rings. The predicted molar refractivity (Wildman–Crippen MR) is 100 cm³/mol. The van der Waals surface area contributed by atoms with Crippen molar-refractivity contribution in [2.75, 3.05) is 16.8 Å². The fourth-order valence-corrected chi connectivity index (χ4v) is 3.14. The van der Waals surface area contributed by atoms with E-state index in [0.29, 0.717) is 12.6 Å². The summed E-state index contributed by atoms with van der Waals surface area (Å²) in [4.78, 5) is 31.0. The maximum Gasteiger partial charge on any atom is 0.276 e. The molecule has 0 saturated carbocycles. The highest BCUT2D eigenvalue weighted by atomic mass is 19.1. The molecule has 0 atom stereocenters. The molecule has 0 bridgehead atoms. The first-order valence-electron chi connectivity index (χ1n) is 8.66. The molecule has 140 valence electrons. The summed E-state index contributed by atoms with van der Waals surface area (Å²) < 4.78 is 26.7. The van der Waals surface area contributed by atoms with Crippen molar-refractivity contribution in [2.24, 2.45) is 0 Å². The molecule has 0 radical (unpaired) electrons. The van der Waals surface area contributed by atoms with Gasteiger partial charge in [-0.25, -0.2) is 13.8 Å². The second kappa shape index (κ2) is 7.19. The summed E-state index contributed by atoms with van der Waals surface area (Å²) in [6.45, 7) is 0.539. The summed E-state index contributed by atoms with van der Waals surface area (Å²) in [7, 11) is 0. The first-order chi connectivity index (χ1) is 13.5. The van der Waals surface area contributed by atoms with Crippen LogP contribution >= 0.6 is 0 Å². The Balaban J connectivity index is 1.56. The molecule has 7 heteroatoms. The molecular formula is C21H15F2N3O2. The van der Waals surface area contributed by atoms with Gasteiger partial charge in [0.15, 0.2) is 0 Å². The number of nitrogens with zero attached hydrogens (tertiary/aromatic N) is 2. The van der Waals surface area contributed by atoms with E-state index in [1.54, 1.807) is 4.90 Å². The molecule has 1 N–H and O–H groups in total. The first-order valence-corrected chi connectivity index (χ1v) is 8.66. The van der Waals surface area contributed by atoms with Crippen molar-refractivity contribution in [3.05, 3.63) is 89.2 Å². The van der Waals surface area contributed by atoms with Gasteiger partial charge in [0.25, 0.3) is 11.8 Å². The third kappa shape index (κ3) is 3.34. The number of aromatic nitrogens is 1. The summed E-state index contributed by atoms with van der Waals surface area (Å²) in [5.74, 6) is -2.64. The zero-order valence-electron chi connectivity index (χ0n) is 14.7. The lowest BCUT2D eigenvalue weighted by Gasteiger charge is -2.17. The topological polar surface area (TPSA) is 62.3 Å². The summed E-state index contributed by atoms with van der Waals surface area (Å²) in [5, 5.41) is 2.34. The normalized spacial score (nSPS) is 12.6. The van der Waals surface area contributed by atoms with Crippen LogP contribution in [0.15, 0.2) is 60.7 Å².